The van der Waals surface area contributed by atoms with Gasteiger partial charge in [-0.3, -0.25) is 0 Å². The van der Waals surface area contributed by atoms with Crippen molar-refractivity contribution in [3.05, 3.63) is 41.8 Å². The predicted molar refractivity (Wildman–Crippen MR) is 108 cm³/mol. The molecule has 3 heterocycles. The topological polar surface area (TPSA) is 89.9 Å². The van der Waals surface area contributed by atoms with Gasteiger partial charge in [0.05, 0.1) is 0 Å². The van der Waals surface area contributed by atoms with Crippen LogP contribution in [0.25, 0.3) is 10.1 Å². The largest absolute Gasteiger partial charge is 0.478 e. The van der Waals surface area contributed by atoms with Gasteiger partial charge < -0.3 is 20.4 Å². The molecule has 0 saturated carbocycles. The number of anilines is 1. The molecule has 6 nitrogen and oxygen atoms in total. The van der Waals surface area contributed by atoms with Crippen LogP contribution in [0.2, 0.25) is 0 Å². The van der Waals surface area contributed by atoms with Gasteiger partial charge in [-0.1, -0.05) is 6.07 Å². The van der Waals surface area contributed by atoms with Gasteiger partial charge in [-0.25, -0.2) is 9.59 Å². The number of hydrogen-bond acceptors (Lipinski definition) is 5. The summed E-state index contributed by atoms with van der Waals surface area (Å²) in [4.78, 5) is 21.7. The van der Waals surface area contributed by atoms with Crippen molar-refractivity contribution in [2.24, 2.45) is 11.8 Å². The maximum absolute atomic E-state index is 9.55. The lowest BCUT2D eigenvalue weighted by Crippen LogP contribution is -2.23. The van der Waals surface area contributed by atoms with Crippen LogP contribution in [0.3, 0.4) is 0 Å². The summed E-state index contributed by atoms with van der Waals surface area (Å²) in [6, 6.07) is 9.04. The van der Waals surface area contributed by atoms with Crippen LogP contribution in [0.5, 0.6) is 0 Å². The number of thiophene rings is 1. The van der Waals surface area contributed by atoms with Gasteiger partial charge in [-0.2, -0.15) is 0 Å². The summed E-state index contributed by atoms with van der Waals surface area (Å²) in [5, 5.41) is 22.8. The quantitative estimate of drug-likeness (QED) is 0.700. The molecule has 0 spiro atoms. The average molecular weight is 388 g/mol. The number of nitrogens with one attached hydrogen (secondary N) is 1. The highest BCUT2D eigenvalue weighted by atomic mass is 32.1. The molecule has 2 aliphatic rings. The fourth-order valence-electron chi connectivity index (χ4n) is 3.89. The van der Waals surface area contributed by atoms with Crippen molar-refractivity contribution in [1.29, 1.82) is 0 Å². The monoisotopic (exact) mass is 388 g/mol. The second kappa shape index (κ2) is 9.01. The zero-order valence-corrected chi connectivity index (χ0v) is 15.8. The van der Waals surface area contributed by atoms with E-state index >= 15 is 0 Å². The lowest BCUT2D eigenvalue weighted by atomic mass is 9.92. The van der Waals surface area contributed by atoms with E-state index in [1.54, 1.807) is 0 Å². The molecule has 7 heteroatoms. The number of fused-ring (bicyclic) bond motifs is 2. The molecule has 144 valence electrons. The molecule has 2 unspecified atom stereocenters. The van der Waals surface area contributed by atoms with E-state index in [1.165, 1.54) is 54.8 Å². The fourth-order valence-corrected chi connectivity index (χ4v) is 4.69. The molecule has 3 N–H and O–H groups in total. The van der Waals surface area contributed by atoms with Gasteiger partial charge in [0, 0.05) is 41.0 Å². The zero-order valence-electron chi connectivity index (χ0n) is 15.0. The Hall–Kier alpha value is -2.38. The number of nitrogens with zero attached hydrogens (tertiary/aromatic N) is 1. The van der Waals surface area contributed by atoms with E-state index in [4.69, 9.17) is 10.2 Å². The SMILES string of the molecule is O=C(O)/C=C\C(=O)O.c1cc(N2CC3CCNCCC3C2)c2ccsc2c1. The number of benzene rings is 1. The van der Waals surface area contributed by atoms with E-state index in [9.17, 15) is 9.59 Å². The second-order valence-corrected chi connectivity index (χ2v) is 7.82. The molecule has 2 aliphatic heterocycles. The van der Waals surface area contributed by atoms with Crippen molar-refractivity contribution in [2.45, 2.75) is 12.8 Å². The van der Waals surface area contributed by atoms with Gasteiger partial charge in [0.1, 0.15) is 0 Å². The molecule has 27 heavy (non-hydrogen) atoms. The summed E-state index contributed by atoms with van der Waals surface area (Å²) in [6.07, 6.45) is 3.81. The van der Waals surface area contributed by atoms with E-state index in [1.807, 2.05) is 11.3 Å². The van der Waals surface area contributed by atoms with E-state index in [2.05, 4.69) is 39.9 Å². The van der Waals surface area contributed by atoms with Crippen molar-refractivity contribution < 1.29 is 19.8 Å². The second-order valence-electron chi connectivity index (χ2n) is 6.87. The molecular weight excluding hydrogens is 364 g/mol. The highest BCUT2D eigenvalue weighted by Gasteiger charge is 2.33. The predicted octanol–water partition coefficient (Wildman–Crippen LogP) is 3.05. The van der Waals surface area contributed by atoms with Gasteiger partial charge in [0.25, 0.3) is 0 Å². The Labute approximate surface area is 162 Å². The first kappa shape index (κ1) is 19.4. The number of carboxylic acid groups (broad SMARTS) is 2. The van der Waals surface area contributed by atoms with Gasteiger partial charge >= 0.3 is 11.9 Å². The first-order chi connectivity index (χ1) is 13.0. The number of hydrogen-bond donors (Lipinski definition) is 3. The zero-order chi connectivity index (χ0) is 19.2. The minimum atomic E-state index is -1.26. The first-order valence-corrected chi connectivity index (χ1v) is 9.98. The summed E-state index contributed by atoms with van der Waals surface area (Å²) < 4.78 is 1.42. The molecule has 1 aromatic carbocycles. The molecule has 4 rings (SSSR count). The lowest BCUT2D eigenvalue weighted by molar-refractivity contribution is -0.134. The Morgan fingerprint density at radius 3 is 2.26 bits per heavy atom. The number of rotatable bonds is 3. The Balaban J connectivity index is 0.000000226. The highest BCUT2D eigenvalue weighted by molar-refractivity contribution is 7.17. The lowest BCUT2D eigenvalue weighted by Gasteiger charge is -2.20. The third-order valence-corrected chi connectivity index (χ3v) is 6.02. The van der Waals surface area contributed by atoms with E-state index in [0.717, 1.165) is 11.8 Å². The minimum Gasteiger partial charge on any atom is -0.478 e. The van der Waals surface area contributed by atoms with Gasteiger partial charge in [0.15, 0.2) is 0 Å². The van der Waals surface area contributed by atoms with Crippen LogP contribution in [0, 0.1) is 11.8 Å². The van der Waals surface area contributed by atoms with Crippen LogP contribution in [0.15, 0.2) is 41.8 Å². The molecule has 2 aromatic rings. The van der Waals surface area contributed by atoms with E-state index in [-0.39, 0.29) is 0 Å². The van der Waals surface area contributed by atoms with Crippen molar-refractivity contribution in [2.75, 3.05) is 31.1 Å². The third kappa shape index (κ3) is 5.08. The van der Waals surface area contributed by atoms with Crippen LogP contribution < -0.4 is 10.2 Å². The van der Waals surface area contributed by atoms with Crippen LogP contribution >= 0.6 is 11.3 Å². The van der Waals surface area contributed by atoms with Gasteiger partial charge in [-0.15, -0.1) is 11.3 Å². The minimum absolute atomic E-state index is 0.558. The Morgan fingerprint density at radius 1 is 1.04 bits per heavy atom. The van der Waals surface area contributed by atoms with Gasteiger partial charge in [-0.05, 0) is 61.3 Å². The van der Waals surface area contributed by atoms with E-state index < -0.39 is 11.9 Å². The molecule has 1 aromatic heterocycles. The third-order valence-electron chi connectivity index (χ3n) is 5.14. The van der Waals surface area contributed by atoms with Crippen LogP contribution in [-0.2, 0) is 9.59 Å². The smallest absolute Gasteiger partial charge is 0.328 e. The van der Waals surface area contributed by atoms with Crippen molar-refractivity contribution in [1.82, 2.24) is 5.32 Å². The molecule has 0 radical (unpaired) electrons. The Bertz CT molecular complexity index is 802. The molecule has 0 bridgehead atoms. The van der Waals surface area contributed by atoms with Crippen LogP contribution in [-0.4, -0.2) is 48.3 Å². The number of carbonyl (C=O) groups is 2. The number of carboxylic acids is 2. The molecule has 2 atom stereocenters. The van der Waals surface area contributed by atoms with Gasteiger partial charge in [0.2, 0.25) is 0 Å². The van der Waals surface area contributed by atoms with Crippen molar-refractivity contribution >= 4 is 39.0 Å². The Morgan fingerprint density at radius 2 is 1.67 bits per heavy atom. The highest BCUT2D eigenvalue weighted by Crippen LogP contribution is 2.37. The summed E-state index contributed by atoms with van der Waals surface area (Å²) in [6.45, 7) is 4.91. The molecule has 2 saturated heterocycles. The maximum atomic E-state index is 9.55. The maximum Gasteiger partial charge on any atom is 0.328 e. The summed E-state index contributed by atoms with van der Waals surface area (Å²) in [5.74, 6) is -0.729. The van der Waals surface area contributed by atoms with Crippen LogP contribution in [0.1, 0.15) is 12.8 Å². The molecule has 0 aliphatic carbocycles. The molecular formula is C20H24N2O4S. The van der Waals surface area contributed by atoms with Crippen LogP contribution in [0.4, 0.5) is 5.69 Å². The summed E-state index contributed by atoms with van der Waals surface area (Å²) >= 11 is 1.85. The number of aliphatic carboxylic acids is 2. The first-order valence-electron chi connectivity index (χ1n) is 9.10. The summed E-state index contributed by atoms with van der Waals surface area (Å²) in [5.41, 5.74) is 1.46. The molecule has 0 amide bonds. The fraction of sp³-hybridized carbons (Fsp3) is 0.400. The van der Waals surface area contributed by atoms with E-state index in [0.29, 0.717) is 12.2 Å². The Kier molecular flexibility index (Phi) is 6.47. The normalized spacial score (nSPS) is 22.1. The molecule has 2 fully saturated rings. The van der Waals surface area contributed by atoms with Crippen molar-refractivity contribution in [3.63, 3.8) is 0 Å². The summed E-state index contributed by atoms with van der Waals surface area (Å²) in [7, 11) is 0. The van der Waals surface area contributed by atoms with Crippen molar-refractivity contribution in [3.8, 4) is 0 Å². The standard InChI is InChI=1S/C16H20N2S.C4H4O4/c1-2-15(14-6-9-19-16(14)3-1)18-10-12-4-7-17-8-5-13(12)11-18;5-3(6)1-2-4(7)8/h1-3,6,9,12-13,17H,4-5,7-8,10-11H2;1-2H,(H,5,6)(H,7,8)/b;2-1-. The average Bonchev–Trinajstić information content (AvgIpc) is 3.22.